The predicted molar refractivity (Wildman–Crippen MR) is 54.3 cm³/mol. The monoisotopic (exact) mass is 205 g/mol. The van der Waals surface area contributed by atoms with E-state index in [4.69, 9.17) is 10.4 Å². The lowest BCUT2D eigenvalue weighted by molar-refractivity contribution is -0.137. The van der Waals surface area contributed by atoms with Gasteiger partial charge in [-0.2, -0.15) is 5.26 Å². The van der Waals surface area contributed by atoms with Crippen LogP contribution in [0.2, 0.25) is 0 Å². The normalized spacial score (nSPS) is 9.27. The standard InChI is InChI=1S/C10H11N3O2/c11-7-8-3-5-13-9(6-8)12-4-1-2-10(14)15/h3,5-6H,1-2,4H2,(H,12,13)(H,14,15). The Hall–Kier alpha value is -2.09. The Kier molecular flexibility index (Phi) is 4.10. The quantitative estimate of drug-likeness (QED) is 0.706. The molecule has 0 amide bonds. The molecule has 0 aromatic carbocycles. The number of carboxylic acids is 1. The van der Waals surface area contributed by atoms with Crippen molar-refractivity contribution in [2.24, 2.45) is 0 Å². The number of aromatic nitrogens is 1. The van der Waals surface area contributed by atoms with E-state index < -0.39 is 5.97 Å². The van der Waals surface area contributed by atoms with E-state index in [0.717, 1.165) is 0 Å². The number of aliphatic carboxylic acids is 1. The summed E-state index contributed by atoms with van der Waals surface area (Å²) in [5.74, 6) is -0.213. The third kappa shape index (κ3) is 4.09. The highest BCUT2D eigenvalue weighted by atomic mass is 16.4. The lowest BCUT2D eigenvalue weighted by atomic mass is 10.3. The van der Waals surface area contributed by atoms with Crippen molar-refractivity contribution in [3.63, 3.8) is 0 Å². The van der Waals surface area contributed by atoms with E-state index in [2.05, 4.69) is 10.3 Å². The van der Waals surface area contributed by atoms with Crippen LogP contribution in [0.1, 0.15) is 18.4 Å². The topological polar surface area (TPSA) is 86.0 Å². The van der Waals surface area contributed by atoms with Crippen molar-refractivity contribution in [3.05, 3.63) is 23.9 Å². The highest BCUT2D eigenvalue weighted by molar-refractivity contribution is 5.66. The van der Waals surface area contributed by atoms with Crippen LogP contribution < -0.4 is 5.32 Å². The summed E-state index contributed by atoms with van der Waals surface area (Å²) in [6.45, 7) is 0.536. The first-order chi connectivity index (χ1) is 7.22. The third-order valence-corrected chi connectivity index (χ3v) is 1.76. The summed E-state index contributed by atoms with van der Waals surface area (Å²) < 4.78 is 0. The molecule has 0 fully saturated rings. The predicted octanol–water partition coefficient (Wildman–Crippen LogP) is 1.23. The van der Waals surface area contributed by atoms with Crippen molar-refractivity contribution in [2.75, 3.05) is 11.9 Å². The molecular weight excluding hydrogens is 194 g/mol. The largest absolute Gasteiger partial charge is 0.481 e. The van der Waals surface area contributed by atoms with Crippen LogP contribution in [0.15, 0.2) is 18.3 Å². The first kappa shape index (κ1) is 11.0. The van der Waals surface area contributed by atoms with Gasteiger partial charge < -0.3 is 10.4 Å². The number of carbonyl (C=O) groups is 1. The summed E-state index contributed by atoms with van der Waals surface area (Å²) in [7, 11) is 0. The Morgan fingerprint density at radius 2 is 2.47 bits per heavy atom. The number of hydrogen-bond donors (Lipinski definition) is 2. The van der Waals surface area contributed by atoms with E-state index in [1.165, 1.54) is 6.20 Å². The Morgan fingerprint density at radius 3 is 3.13 bits per heavy atom. The number of anilines is 1. The van der Waals surface area contributed by atoms with E-state index in [1.807, 2.05) is 6.07 Å². The van der Waals surface area contributed by atoms with Crippen LogP contribution >= 0.6 is 0 Å². The highest BCUT2D eigenvalue weighted by Crippen LogP contribution is 2.05. The van der Waals surface area contributed by atoms with Gasteiger partial charge in [0.15, 0.2) is 0 Å². The summed E-state index contributed by atoms with van der Waals surface area (Å²) in [6.07, 6.45) is 2.21. The Labute approximate surface area is 87.4 Å². The van der Waals surface area contributed by atoms with Gasteiger partial charge in [0.25, 0.3) is 0 Å². The fourth-order valence-electron chi connectivity index (χ4n) is 1.05. The fraction of sp³-hybridized carbons (Fsp3) is 0.300. The highest BCUT2D eigenvalue weighted by Gasteiger charge is 1.98. The van der Waals surface area contributed by atoms with Crippen LogP contribution in [0.25, 0.3) is 0 Å². The molecular formula is C10H11N3O2. The molecule has 1 rings (SSSR count). The molecule has 0 aliphatic carbocycles. The summed E-state index contributed by atoms with van der Waals surface area (Å²) in [4.78, 5) is 14.2. The minimum atomic E-state index is -0.810. The number of rotatable bonds is 5. The van der Waals surface area contributed by atoms with E-state index in [-0.39, 0.29) is 6.42 Å². The van der Waals surface area contributed by atoms with Gasteiger partial charge in [0.05, 0.1) is 11.6 Å². The second kappa shape index (κ2) is 5.60. The number of nitrogens with zero attached hydrogens (tertiary/aromatic N) is 2. The van der Waals surface area contributed by atoms with Crippen molar-refractivity contribution in [1.82, 2.24) is 4.98 Å². The van der Waals surface area contributed by atoms with Crippen molar-refractivity contribution in [2.45, 2.75) is 12.8 Å². The maximum Gasteiger partial charge on any atom is 0.303 e. The van der Waals surface area contributed by atoms with Crippen LogP contribution in [-0.2, 0) is 4.79 Å². The Balaban J connectivity index is 2.38. The molecule has 2 N–H and O–H groups in total. The molecule has 1 aromatic rings. The van der Waals surface area contributed by atoms with Gasteiger partial charge in [0.1, 0.15) is 5.82 Å². The van der Waals surface area contributed by atoms with Crippen LogP contribution in [0.5, 0.6) is 0 Å². The van der Waals surface area contributed by atoms with Gasteiger partial charge in [-0.3, -0.25) is 4.79 Å². The molecule has 1 aromatic heterocycles. The molecule has 0 aliphatic heterocycles. The number of nitriles is 1. The van der Waals surface area contributed by atoms with Gasteiger partial charge in [0, 0.05) is 19.2 Å². The first-order valence-corrected chi connectivity index (χ1v) is 4.54. The van der Waals surface area contributed by atoms with Crippen molar-refractivity contribution in [3.8, 4) is 6.07 Å². The Morgan fingerprint density at radius 1 is 1.67 bits per heavy atom. The zero-order valence-corrected chi connectivity index (χ0v) is 8.10. The Bertz CT molecular complexity index is 384. The van der Waals surface area contributed by atoms with Gasteiger partial charge in [-0.1, -0.05) is 0 Å². The van der Waals surface area contributed by atoms with Crippen LogP contribution in [-0.4, -0.2) is 22.6 Å². The van der Waals surface area contributed by atoms with Crippen molar-refractivity contribution < 1.29 is 9.90 Å². The van der Waals surface area contributed by atoms with E-state index in [9.17, 15) is 4.79 Å². The van der Waals surface area contributed by atoms with Crippen molar-refractivity contribution in [1.29, 1.82) is 5.26 Å². The molecule has 15 heavy (non-hydrogen) atoms. The molecule has 0 aliphatic rings. The summed E-state index contributed by atoms with van der Waals surface area (Å²) in [5, 5.41) is 20.0. The summed E-state index contributed by atoms with van der Waals surface area (Å²) >= 11 is 0. The molecule has 1 heterocycles. The molecule has 0 radical (unpaired) electrons. The van der Waals surface area contributed by atoms with Gasteiger partial charge in [-0.25, -0.2) is 4.98 Å². The zero-order chi connectivity index (χ0) is 11.1. The molecule has 0 atom stereocenters. The third-order valence-electron chi connectivity index (χ3n) is 1.76. The molecule has 0 saturated heterocycles. The lowest BCUT2D eigenvalue weighted by Gasteiger charge is -2.03. The van der Waals surface area contributed by atoms with Crippen LogP contribution in [0.4, 0.5) is 5.82 Å². The van der Waals surface area contributed by atoms with Crippen LogP contribution in [0.3, 0.4) is 0 Å². The van der Waals surface area contributed by atoms with Gasteiger partial charge in [-0.05, 0) is 18.6 Å². The second-order valence-electron chi connectivity index (χ2n) is 2.97. The molecule has 78 valence electrons. The SMILES string of the molecule is N#Cc1ccnc(NCCCC(=O)O)c1. The van der Waals surface area contributed by atoms with Gasteiger partial charge in [-0.15, -0.1) is 0 Å². The minimum absolute atomic E-state index is 0.130. The number of carboxylic acid groups (broad SMARTS) is 1. The molecule has 0 unspecified atom stereocenters. The molecule has 0 spiro atoms. The molecule has 5 heteroatoms. The summed E-state index contributed by atoms with van der Waals surface area (Å²) in [5.41, 5.74) is 0.533. The fourth-order valence-corrected chi connectivity index (χ4v) is 1.05. The summed E-state index contributed by atoms with van der Waals surface area (Å²) in [6, 6.07) is 5.24. The molecule has 5 nitrogen and oxygen atoms in total. The maximum absolute atomic E-state index is 10.2. The average molecular weight is 205 g/mol. The van der Waals surface area contributed by atoms with Crippen LogP contribution in [0, 0.1) is 11.3 Å². The van der Waals surface area contributed by atoms with Crippen molar-refractivity contribution >= 4 is 11.8 Å². The maximum atomic E-state index is 10.2. The molecule has 0 bridgehead atoms. The number of hydrogen-bond acceptors (Lipinski definition) is 4. The molecule has 0 saturated carbocycles. The second-order valence-corrected chi connectivity index (χ2v) is 2.97. The van der Waals surface area contributed by atoms with E-state index >= 15 is 0 Å². The lowest BCUT2D eigenvalue weighted by Crippen LogP contribution is -2.06. The first-order valence-electron chi connectivity index (χ1n) is 4.54. The number of nitrogens with one attached hydrogen (secondary N) is 1. The van der Waals surface area contributed by atoms with Gasteiger partial charge >= 0.3 is 5.97 Å². The van der Waals surface area contributed by atoms with E-state index in [1.54, 1.807) is 12.1 Å². The zero-order valence-electron chi connectivity index (χ0n) is 8.10. The average Bonchev–Trinajstić information content (AvgIpc) is 2.24. The van der Waals surface area contributed by atoms with Gasteiger partial charge in [0.2, 0.25) is 0 Å². The smallest absolute Gasteiger partial charge is 0.303 e. The number of pyridine rings is 1. The minimum Gasteiger partial charge on any atom is -0.481 e. The van der Waals surface area contributed by atoms with E-state index in [0.29, 0.717) is 24.3 Å².